The lowest BCUT2D eigenvalue weighted by Gasteiger charge is -2.38. The van der Waals surface area contributed by atoms with E-state index in [1.54, 1.807) is 12.4 Å². The molecule has 0 N–H and O–H groups in total. The third-order valence-electron chi connectivity index (χ3n) is 4.78. The lowest BCUT2D eigenvalue weighted by Crippen LogP contribution is -2.51. The highest BCUT2D eigenvalue weighted by atomic mass is 16.5. The van der Waals surface area contributed by atoms with E-state index in [2.05, 4.69) is 9.97 Å². The van der Waals surface area contributed by atoms with Crippen molar-refractivity contribution in [2.45, 2.75) is 38.6 Å². The molecule has 2 aliphatic heterocycles. The molecular weight excluding hydrogens is 294 g/mol. The number of ether oxygens (including phenoxy) is 2. The Hall–Kier alpha value is -1.53. The molecule has 6 heteroatoms. The first-order chi connectivity index (χ1) is 11.3. The smallest absolute Gasteiger partial charge is 0.226 e. The van der Waals surface area contributed by atoms with Crippen LogP contribution in [0.3, 0.4) is 0 Å². The molecular formula is C17H25N3O3. The standard InChI is InChI=1S/C17H25N3O3/c1-13-16(19-7-6-18-13)3-2-15-12-23-11-8-20(15)17(21)14-4-9-22-10-5-14/h6-7,14-15H,2-5,8-12H2,1H3/t15-/m0/s1. The Balaban J connectivity index is 1.61. The van der Waals surface area contributed by atoms with E-state index in [1.165, 1.54) is 0 Å². The molecule has 3 heterocycles. The highest BCUT2D eigenvalue weighted by Gasteiger charge is 2.32. The molecule has 2 fully saturated rings. The van der Waals surface area contributed by atoms with Gasteiger partial charge in [0.15, 0.2) is 0 Å². The Bertz CT molecular complexity index is 532. The van der Waals surface area contributed by atoms with Crippen LogP contribution in [0.25, 0.3) is 0 Å². The lowest BCUT2D eigenvalue weighted by atomic mass is 9.96. The van der Waals surface area contributed by atoms with Crippen LogP contribution >= 0.6 is 0 Å². The number of carbonyl (C=O) groups excluding carboxylic acids is 1. The summed E-state index contributed by atoms with van der Waals surface area (Å²) in [5.74, 6) is 0.389. The van der Waals surface area contributed by atoms with Crippen LogP contribution in [0, 0.1) is 12.8 Å². The fourth-order valence-corrected chi connectivity index (χ4v) is 3.35. The molecule has 0 saturated carbocycles. The quantitative estimate of drug-likeness (QED) is 0.839. The van der Waals surface area contributed by atoms with Crippen LogP contribution in [0.5, 0.6) is 0 Å². The maximum atomic E-state index is 12.8. The van der Waals surface area contributed by atoms with E-state index in [1.807, 2.05) is 11.8 Å². The molecule has 2 saturated heterocycles. The van der Waals surface area contributed by atoms with Gasteiger partial charge in [0.25, 0.3) is 0 Å². The molecule has 126 valence electrons. The van der Waals surface area contributed by atoms with Crippen LogP contribution in [-0.2, 0) is 20.7 Å². The van der Waals surface area contributed by atoms with Gasteiger partial charge >= 0.3 is 0 Å². The van der Waals surface area contributed by atoms with Crippen molar-refractivity contribution in [2.75, 3.05) is 33.0 Å². The van der Waals surface area contributed by atoms with Gasteiger partial charge in [-0.3, -0.25) is 14.8 Å². The summed E-state index contributed by atoms with van der Waals surface area (Å²) in [6.45, 7) is 5.32. The van der Waals surface area contributed by atoms with Gasteiger partial charge in [-0.2, -0.15) is 0 Å². The highest BCUT2D eigenvalue weighted by Crippen LogP contribution is 2.22. The summed E-state index contributed by atoms with van der Waals surface area (Å²) in [7, 11) is 0. The van der Waals surface area contributed by atoms with Gasteiger partial charge in [-0.05, 0) is 32.6 Å². The third-order valence-corrected chi connectivity index (χ3v) is 4.78. The maximum Gasteiger partial charge on any atom is 0.226 e. The molecule has 0 radical (unpaired) electrons. The fourth-order valence-electron chi connectivity index (χ4n) is 3.35. The Kier molecular flexibility index (Phi) is 5.56. The van der Waals surface area contributed by atoms with Crippen molar-refractivity contribution >= 4 is 5.91 Å². The van der Waals surface area contributed by atoms with Gasteiger partial charge in [-0.15, -0.1) is 0 Å². The minimum absolute atomic E-state index is 0.114. The van der Waals surface area contributed by atoms with Gasteiger partial charge in [0.05, 0.1) is 30.6 Å². The maximum absolute atomic E-state index is 12.8. The summed E-state index contributed by atoms with van der Waals surface area (Å²) in [5.41, 5.74) is 1.98. The molecule has 0 unspecified atom stereocenters. The van der Waals surface area contributed by atoms with Crippen molar-refractivity contribution in [3.8, 4) is 0 Å². The van der Waals surface area contributed by atoms with Crippen molar-refractivity contribution in [1.82, 2.24) is 14.9 Å². The van der Waals surface area contributed by atoms with Crippen LogP contribution in [0.1, 0.15) is 30.7 Å². The highest BCUT2D eigenvalue weighted by molar-refractivity contribution is 5.79. The minimum Gasteiger partial charge on any atom is -0.381 e. The summed E-state index contributed by atoms with van der Waals surface area (Å²) in [6.07, 6.45) is 6.81. The van der Waals surface area contributed by atoms with Gasteiger partial charge in [0.2, 0.25) is 5.91 Å². The zero-order valence-corrected chi connectivity index (χ0v) is 13.7. The summed E-state index contributed by atoms with van der Waals surface area (Å²) in [5, 5.41) is 0. The molecule has 0 bridgehead atoms. The van der Waals surface area contributed by atoms with Crippen LogP contribution in [0.15, 0.2) is 12.4 Å². The number of rotatable bonds is 4. The molecule has 3 rings (SSSR count). The van der Waals surface area contributed by atoms with Crippen molar-refractivity contribution in [3.63, 3.8) is 0 Å². The lowest BCUT2D eigenvalue weighted by molar-refractivity contribution is -0.147. The summed E-state index contributed by atoms with van der Waals surface area (Å²) in [6, 6.07) is 0.139. The van der Waals surface area contributed by atoms with E-state index in [-0.39, 0.29) is 17.9 Å². The number of hydrogen-bond acceptors (Lipinski definition) is 5. The average molecular weight is 319 g/mol. The predicted molar refractivity (Wildman–Crippen MR) is 85.0 cm³/mol. The van der Waals surface area contributed by atoms with Crippen molar-refractivity contribution < 1.29 is 14.3 Å². The molecule has 23 heavy (non-hydrogen) atoms. The van der Waals surface area contributed by atoms with Crippen molar-refractivity contribution in [2.24, 2.45) is 5.92 Å². The first-order valence-electron chi connectivity index (χ1n) is 8.48. The Morgan fingerprint density at radius 2 is 2.00 bits per heavy atom. The van der Waals surface area contributed by atoms with Gasteiger partial charge in [0.1, 0.15) is 0 Å². The molecule has 6 nitrogen and oxygen atoms in total. The first-order valence-corrected chi connectivity index (χ1v) is 8.48. The molecule has 1 aromatic heterocycles. The zero-order valence-electron chi connectivity index (χ0n) is 13.7. The van der Waals surface area contributed by atoms with Gasteiger partial charge in [0, 0.05) is 38.1 Å². The zero-order chi connectivity index (χ0) is 16.1. The number of hydrogen-bond donors (Lipinski definition) is 0. The molecule has 1 aromatic rings. The molecule has 1 amide bonds. The Labute approximate surface area is 137 Å². The molecule has 0 aliphatic carbocycles. The van der Waals surface area contributed by atoms with Crippen molar-refractivity contribution in [1.29, 1.82) is 0 Å². The first kappa shape index (κ1) is 16.3. The van der Waals surface area contributed by atoms with Crippen LogP contribution in [-0.4, -0.2) is 59.8 Å². The molecule has 0 spiro atoms. The minimum atomic E-state index is 0.114. The van der Waals surface area contributed by atoms with Gasteiger partial charge < -0.3 is 14.4 Å². The number of aromatic nitrogens is 2. The van der Waals surface area contributed by atoms with Crippen LogP contribution < -0.4 is 0 Å². The van der Waals surface area contributed by atoms with E-state index in [0.29, 0.717) is 33.0 Å². The second kappa shape index (κ2) is 7.84. The van der Waals surface area contributed by atoms with E-state index in [9.17, 15) is 4.79 Å². The Morgan fingerprint density at radius 1 is 1.22 bits per heavy atom. The molecule has 0 aromatic carbocycles. The summed E-state index contributed by atoms with van der Waals surface area (Å²) < 4.78 is 11.0. The monoisotopic (exact) mass is 319 g/mol. The van der Waals surface area contributed by atoms with E-state index in [4.69, 9.17) is 9.47 Å². The number of carbonyl (C=O) groups is 1. The van der Waals surface area contributed by atoms with Crippen LogP contribution in [0.2, 0.25) is 0 Å². The van der Waals surface area contributed by atoms with E-state index < -0.39 is 0 Å². The Morgan fingerprint density at radius 3 is 2.78 bits per heavy atom. The molecule has 1 atom stereocenters. The summed E-state index contributed by atoms with van der Waals surface area (Å²) >= 11 is 0. The number of aryl methyl sites for hydroxylation is 2. The number of nitrogens with zero attached hydrogens (tertiary/aromatic N) is 3. The molecule has 2 aliphatic rings. The normalized spacial score (nSPS) is 23.0. The predicted octanol–water partition coefficient (Wildman–Crippen LogP) is 1.37. The fraction of sp³-hybridized carbons (Fsp3) is 0.706. The number of morpholine rings is 1. The largest absolute Gasteiger partial charge is 0.381 e. The summed E-state index contributed by atoms with van der Waals surface area (Å²) in [4.78, 5) is 23.5. The van der Waals surface area contributed by atoms with Crippen molar-refractivity contribution in [3.05, 3.63) is 23.8 Å². The van der Waals surface area contributed by atoms with Gasteiger partial charge in [-0.1, -0.05) is 0 Å². The van der Waals surface area contributed by atoms with E-state index in [0.717, 1.165) is 37.1 Å². The van der Waals surface area contributed by atoms with E-state index >= 15 is 0 Å². The van der Waals surface area contributed by atoms with Crippen LogP contribution in [0.4, 0.5) is 0 Å². The second-order valence-electron chi connectivity index (χ2n) is 6.27. The number of amides is 1. The topological polar surface area (TPSA) is 64.6 Å². The average Bonchev–Trinajstić information content (AvgIpc) is 2.61. The van der Waals surface area contributed by atoms with Gasteiger partial charge in [-0.25, -0.2) is 0 Å². The second-order valence-corrected chi connectivity index (χ2v) is 6.27. The third kappa shape index (κ3) is 4.06. The SMILES string of the molecule is Cc1nccnc1CC[C@H]1COCCN1C(=O)C1CCOCC1.